The smallest absolute Gasteiger partial charge is 0.309 e. The van der Waals surface area contributed by atoms with Gasteiger partial charge in [-0.15, -0.1) is 0 Å². The lowest BCUT2D eigenvalue weighted by Crippen LogP contribution is -2.26. The van der Waals surface area contributed by atoms with Crippen LogP contribution in [0.5, 0.6) is 5.88 Å². The van der Waals surface area contributed by atoms with Gasteiger partial charge in [0.1, 0.15) is 0 Å². The van der Waals surface area contributed by atoms with Crippen molar-refractivity contribution in [3.05, 3.63) is 23.4 Å². The highest BCUT2D eigenvalue weighted by Crippen LogP contribution is 2.24. The molecule has 0 unspecified atom stereocenters. The second-order valence-electron chi connectivity index (χ2n) is 4.76. The normalized spacial score (nSPS) is 11.3. The van der Waals surface area contributed by atoms with E-state index in [0.717, 1.165) is 11.1 Å². The van der Waals surface area contributed by atoms with E-state index in [4.69, 9.17) is 9.84 Å². The SMILES string of the molecule is CCOc1ncc(CC(C)(C)C(=O)O)cc1C. The molecule has 1 aromatic heterocycles. The lowest BCUT2D eigenvalue weighted by atomic mass is 9.86. The number of carboxylic acid groups (broad SMARTS) is 1. The zero-order valence-electron chi connectivity index (χ0n) is 10.8. The molecule has 4 nitrogen and oxygen atoms in total. The van der Waals surface area contributed by atoms with Crippen LogP contribution in [-0.2, 0) is 11.2 Å². The van der Waals surface area contributed by atoms with Gasteiger partial charge in [-0.1, -0.05) is 0 Å². The first-order valence-corrected chi connectivity index (χ1v) is 5.68. The molecule has 0 amide bonds. The standard InChI is InChI=1S/C13H19NO3/c1-5-17-11-9(2)6-10(8-14-11)7-13(3,4)12(15)16/h6,8H,5,7H2,1-4H3,(H,15,16). The number of rotatable bonds is 5. The summed E-state index contributed by atoms with van der Waals surface area (Å²) in [5, 5.41) is 9.07. The summed E-state index contributed by atoms with van der Waals surface area (Å²) < 4.78 is 5.34. The molecule has 0 atom stereocenters. The summed E-state index contributed by atoms with van der Waals surface area (Å²) in [5.74, 6) is -0.187. The quantitative estimate of drug-likeness (QED) is 0.854. The average molecular weight is 237 g/mol. The monoisotopic (exact) mass is 237 g/mol. The van der Waals surface area contributed by atoms with Crippen LogP contribution in [-0.4, -0.2) is 22.7 Å². The van der Waals surface area contributed by atoms with Gasteiger partial charge in [-0.25, -0.2) is 4.98 Å². The van der Waals surface area contributed by atoms with E-state index in [9.17, 15) is 4.79 Å². The lowest BCUT2D eigenvalue weighted by molar-refractivity contribution is -0.146. The van der Waals surface area contributed by atoms with Gasteiger partial charge in [0.15, 0.2) is 0 Å². The molecule has 0 aliphatic heterocycles. The fourth-order valence-corrected chi connectivity index (χ4v) is 1.59. The average Bonchev–Trinajstić information content (AvgIpc) is 2.21. The number of aromatic nitrogens is 1. The maximum atomic E-state index is 11.0. The molecule has 0 radical (unpaired) electrons. The second kappa shape index (κ2) is 5.17. The molecule has 1 N–H and O–H groups in total. The first-order chi connectivity index (χ1) is 7.86. The number of hydrogen-bond acceptors (Lipinski definition) is 3. The van der Waals surface area contributed by atoms with E-state index < -0.39 is 11.4 Å². The molecule has 17 heavy (non-hydrogen) atoms. The van der Waals surface area contributed by atoms with Gasteiger partial charge in [0, 0.05) is 11.8 Å². The van der Waals surface area contributed by atoms with Crippen molar-refractivity contribution in [1.82, 2.24) is 4.98 Å². The summed E-state index contributed by atoms with van der Waals surface area (Å²) in [6, 6.07) is 1.93. The minimum absolute atomic E-state index is 0.461. The zero-order valence-corrected chi connectivity index (χ0v) is 10.8. The fourth-order valence-electron chi connectivity index (χ4n) is 1.59. The molecule has 0 fully saturated rings. The molecule has 0 saturated heterocycles. The predicted molar refractivity (Wildman–Crippen MR) is 65.3 cm³/mol. The molecule has 94 valence electrons. The van der Waals surface area contributed by atoms with Crippen LogP contribution in [0, 0.1) is 12.3 Å². The summed E-state index contributed by atoms with van der Waals surface area (Å²) in [5.41, 5.74) is 1.07. The Morgan fingerprint density at radius 1 is 1.53 bits per heavy atom. The molecule has 1 aromatic rings. The van der Waals surface area contributed by atoms with Crippen molar-refractivity contribution in [2.45, 2.75) is 34.1 Å². The van der Waals surface area contributed by atoms with Gasteiger partial charge in [0.2, 0.25) is 5.88 Å². The Labute approximate surface area is 102 Å². The molecule has 0 bridgehead atoms. The number of ether oxygens (including phenoxy) is 1. The van der Waals surface area contributed by atoms with Gasteiger partial charge < -0.3 is 9.84 Å². The Morgan fingerprint density at radius 3 is 2.65 bits per heavy atom. The van der Waals surface area contributed by atoms with Crippen LogP contribution in [0.4, 0.5) is 0 Å². The molecule has 4 heteroatoms. The summed E-state index contributed by atoms with van der Waals surface area (Å²) in [6.07, 6.45) is 2.14. The molecule has 0 aromatic carbocycles. The van der Waals surface area contributed by atoms with Gasteiger partial charge in [0.25, 0.3) is 0 Å². The van der Waals surface area contributed by atoms with Crippen molar-refractivity contribution >= 4 is 5.97 Å². The first-order valence-electron chi connectivity index (χ1n) is 5.68. The summed E-state index contributed by atoms with van der Waals surface area (Å²) in [6.45, 7) is 7.81. The maximum Gasteiger partial charge on any atom is 0.309 e. The fraction of sp³-hybridized carbons (Fsp3) is 0.538. The minimum atomic E-state index is -0.802. The van der Waals surface area contributed by atoms with Crippen LogP contribution in [0.2, 0.25) is 0 Å². The predicted octanol–water partition coefficient (Wildman–Crippen LogP) is 2.44. The van der Waals surface area contributed by atoms with Gasteiger partial charge in [-0.3, -0.25) is 4.79 Å². The lowest BCUT2D eigenvalue weighted by Gasteiger charge is -2.19. The molecular formula is C13H19NO3. The Balaban J connectivity index is 2.87. The molecule has 0 spiro atoms. The summed E-state index contributed by atoms with van der Waals surface area (Å²) in [7, 11) is 0. The third kappa shape index (κ3) is 3.44. The number of carbonyl (C=O) groups is 1. The van der Waals surface area contributed by atoms with Gasteiger partial charge >= 0.3 is 5.97 Å². The zero-order chi connectivity index (χ0) is 13.1. The second-order valence-corrected chi connectivity index (χ2v) is 4.76. The summed E-state index contributed by atoms with van der Waals surface area (Å²) >= 11 is 0. The first kappa shape index (κ1) is 13.5. The van der Waals surface area contributed by atoms with E-state index in [1.165, 1.54) is 0 Å². The highest BCUT2D eigenvalue weighted by molar-refractivity contribution is 5.74. The molecule has 0 aliphatic carbocycles. The van der Waals surface area contributed by atoms with Gasteiger partial charge in [-0.05, 0) is 45.7 Å². The van der Waals surface area contributed by atoms with Crippen LogP contribution in [0.25, 0.3) is 0 Å². The van der Waals surface area contributed by atoms with Crippen molar-refractivity contribution in [1.29, 1.82) is 0 Å². The van der Waals surface area contributed by atoms with E-state index in [0.29, 0.717) is 18.9 Å². The maximum absolute atomic E-state index is 11.0. The topological polar surface area (TPSA) is 59.4 Å². The van der Waals surface area contributed by atoms with E-state index in [2.05, 4.69) is 4.98 Å². The summed E-state index contributed by atoms with van der Waals surface area (Å²) in [4.78, 5) is 15.2. The Hall–Kier alpha value is -1.58. The Morgan fingerprint density at radius 2 is 2.18 bits per heavy atom. The number of hydrogen-bond donors (Lipinski definition) is 1. The van der Waals surface area contributed by atoms with Crippen LogP contribution in [0.3, 0.4) is 0 Å². The van der Waals surface area contributed by atoms with E-state index in [1.807, 2.05) is 19.9 Å². The Kier molecular flexibility index (Phi) is 4.10. The number of nitrogens with zero attached hydrogens (tertiary/aromatic N) is 1. The minimum Gasteiger partial charge on any atom is -0.481 e. The van der Waals surface area contributed by atoms with Crippen molar-refractivity contribution in [2.75, 3.05) is 6.61 Å². The van der Waals surface area contributed by atoms with Crippen molar-refractivity contribution in [3.63, 3.8) is 0 Å². The molecule has 0 saturated carbocycles. The van der Waals surface area contributed by atoms with Gasteiger partial charge in [0.05, 0.1) is 12.0 Å². The van der Waals surface area contributed by atoms with Crippen LogP contribution in [0.1, 0.15) is 31.9 Å². The number of pyridine rings is 1. The van der Waals surface area contributed by atoms with Crippen molar-refractivity contribution in [3.8, 4) is 5.88 Å². The van der Waals surface area contributed by atoms with Crippen LogP contribution in [0.15, 0.2) is 12.3 Å². The highest BCUT2D eigenvalue weighted by Gasteiger charge is 2.27. The molecule has 1 rings (SSSR count). The van der Waals surface area contributed by atoms with E-state index in [1.54, 1.807) is 20.0 Å². The van der Waals surface area contributed by atoms with Crippen LogP contribution >= 0.6 is 0 Å². The van der Waals surface area contributed by atoms with E-state index >= 15 is 0 Å². The van der Waals surface area contributed by atoms with Crippen molar-refractivity contribution in [2.24, 2.45) is 5.41 Å². The molecular weight excluding hydrogens is 218 g/mol. The Bertz CT molecular complexity index is 413. The molecule has 1 heterocycles. The number of aliphatic carboxylic acids is 1. The molecule has 0 aliphatic rings. The van der Waals surface area contributed by atoms with Crippen molar-refractivity contribution < 1.29 is 14.6 Å². The number of carboxylic acids is 1. The van der Waals surface area contributed by atoms with E-state index in [-0.39, 0.29) is 0 Å². The van der Waals surface area contributed by atoms with Crippen LogP contribution < -0.4 is 4.74 Å². The largest absolute Gasteiger partial charge is 0.481 e. The third-order valence-corrected chi connectivity index (χ3v) is 2.59. The number of aryl methyl sites for hydroxylation is 1. The third-order valence-electron chi connectivity index (χ3n) is 2.59. The van der Waals surface area contributed by atoms with Gasteiger partial charge in [-0.2, -0.15) is 0 Å². The highest BCUT2D eigenvalue weighted by atomic mass is 16.5.